The fourth-order valence-electron chi connectivity index (χ4n) is 2.84. The van der Waals surface area contributed by atoms with Gasteiger partial charge >= 0.3 is 0 Å². The maximum Gasteiger partial charge on any atom is 0.271 e. The number of carbonyl (C=O) groups excluding carboxylic acids is 2. The molecule has 2 amide bonds. The summed E-state index contributed by atoms with van der Waals surface area (Å²) < 4.78 is 18.5. The molecule has 3 aromatic rings. The number of hydrogen-bond acceptors (Lipinski definition) is 6. The molecule has 176 valence electrons. The number of carbonyl (C=O) groups is 2. The van der Waals surface area contributed by atoms with Crippen LogP contribution in [-0.4, -0.2) is 23.3 Å². The van der Waals surface area contributed by atoms with E-state index in [2.05, 4.69) is 10.6 Å². The van der Waals surface area contributed by atoms with Crippen LogP contribution in [0.2, 0.25) is 5.02 Å². The van der Waals surface area contributed by atoms with Crippen LogP contribution in [0.25, 0.3) is 6.08 Å². The third-order valence-corrected chi connectivity index (χ3v) is 4.67. The molecular weight excluding hydrogens is 479 g/mol. The number of hydrogen-bond donors (Lipinski definition) is 2. The Morgan fingerprint density at radius 2 is 1.83 bits per heavy atom. The highest BCUT2D eigenvalue weighted by Crippen LogP contribution is 2.26. The van der Waals surface area contributed by atoms with Crippen LogP contribution in [0.15, 0.2) is 72.3 Å². The molecular formula is C24H16ClFN4O5. The first-order chi connectivity index (χ1) is 16.7. The Balaban J connectivity index is 1.75. The van der Waals surface area contributed by atoms with Crippen molar-refractivity contribution in [2.75, 3.05) is 17.2 Å². The lowest BCUT2D eigenvalue weighted by atomic mass is 10.1. The number of rotatable bonds is 8. The molecule has 0 bridgehead atoms. The maximum absolute atomic E-state index is 13.0. The summed E-state index contributed by atoms with van der Waals surface area (Å²) in [6.07, 6.45) is 1.21. The van der Waals surface area contributed by atoms with Crippen molar-refractivity contribution in [2.24, 2.45) is 0 Å². The number of nitro benzene ring substituents is 1. The monoisotopic (exact) mass is 494 g/mol. The molecule has 9 nitrogen and oxygen atoms in total. The zero-order valence-electron chi connectivity index (χ0n) is 17.8. The zero-order chi connectivity index (χ0) is 25.4. The lowest BCUT2D eigenvalue weighted by Gasteiger charge is -2.11. The van der Waals surface area contributed by atoms with Crippen LogP contribution < -0.4 is 15.4 Å². The molecule has 0 aliphatic heterocycles. The Hall–Kier alpha value is -4.75. The van der Waals surface area contributed by atoms with Crippen LogP contribution in [0.4, 0.5) is 21.5 Å². The SMILES string of the molecule is N#CC(=Cc1cc(Cl)ccc1OCC(=O)Nc1ccc(F)cc1)C(=O)Nc1cccc([N+](=O)[O-])c1. The topological polar surface area (TPSA) is 134 Å². The molecule has 0 fully saturated rings. The quantitative estimate of drug-likeness (QED) is 0.197. The van der Waals surface area contributed by atoms with Crippen LogP contribution >= 0.6 is 11.6 Å². The van der Waals surface area contributed by atoms with Crippen LogP contribution in [0.1, 0.15) is 5.56 Å². The van der Waals surface area contributed by atoms with Gasteiger partial charge in [-0.1, -0.05) is 17.7 Å². The number of benzene rings is 3. The number of halogens is 2. The van der Waals surface area contributed by atoms with Crippen LogP contribution in [0, 0.1) is 27.3 Å². The van der Waals surface area contributed by atoms with E-state index in [9.17, 15) is 29.4 Å². The molecule has 3 rings (SSSR count). The van der Waals surface area contributed by atoms with E-state index in [1.54, 1.807) is 6.07 Å². The Labute approximate surface area is 203 Å². The molecule has 0 aliphatic carbocycles. The molecule has 0 aromatic heterocycles. The first kappa shape index (κ1) is 24.9. The molecule has 0 aliphatic rings. The van der Waals surface area contributed by atoms with E-state index < -0.39 is 29.2 Å². The van der Waals surface area contributed by atoms with E-state index >= 15 is 0 Å². The second kappa shape index (κ2) is 11.4. The van der Waals surface area contributed by atoms with Crippen molar-refractivity contribution < 1.29 is 23.6 Å². The minimum Gasteiger partial charge on any atom is -0.483 e. The standard InChI is InChI=1S/C24H16ClFN4O5/c25-17-4-9-22(35-14-23(31)28-19-7-5-18(26)6-8-19)15(11-17)10-16(13-27)24(32)29-20-2-1-3-21(12-20)30(33)34/h1-12H,14H2,(H,28,31)(H,29,32). The number of amides is 2. The summed E-state index contributed by atoms with van der Waals surface area (Å²) in [5.41, 5.74) is 0.193. The molecule has 0 saturated carbocycles. The summed E-state index contributed by atoms with van der Waals surface area (Å²) in [5.74, 6) is -1.61. The van der Waals surface area contributed by atoms with Crippen molar-refractivity contribution in [3.05, 3.63) is 98.8 Å². The Morgan fingerprint density at radius 3 is 2.51 bits per heavy atom. The number of nitro groups is 1. The van der Waals surface area contributed by atoms with E-state index in [0.29, 0.717) is 5.69 Å². The summed E-state index contributed by atoms with van der Waals surface area (Å²) >= 11 is 6.04. The van der Waals surface area contributed by atoms with Crippen molar-refractivity contribution in [1.29, 1.82) is 5.26 Å². The van der Waals surface area contributed by atoms with Gasteiger partial charge in [-0.05, 0) is 54.6 Å². The average Bonchev–Trinajstić information content (AvgIpc) is 2.83. The average molecular weight is 495 g/mol. The third-order valence-electron chi connectivity index (χ3n) is 4.44. The van der Waals surface area contributed by atoms with E-state index in [-0.39, 0.29) is 33.3 Å². The largest absolute Gasteiger partial charge is 0.483 e. The molecule has 35 heavy (non-hydrogen) atoms. The molecule has 0 unspecified atom stereocenters. The number of nitriles is 1. The van der Waals surface area contributed by atoms with Gasteiger partial charge in [0.1, 0.15) is 23.2 Å². The molecule has 0 radical (unpaired) electrons. The van der Waals surface area contributed by atoms with Gasteiger partial charge in [-0.3, -0.25) is 19.7 Å². The van der Waals surface area contributed by atoms with Gasteiger partial charge in [-0.15, -0.1) is 0 Å². The van der Waals surface area contributed by atoms with Gasteiger partial charge in [0.05, 0.1) is 4.92 Å². The highest BCUT2D eigenvalue weighted by Gasteiger charge is 2.14. The van der Waals surface area contributed by atoms with Gasteiger partial charge in [0, 0.05) is 34.1 Å². The number of non-ortho nitro benzene ring substituents is 1. The Bertz CT molecular complexity index is 1350. The normalized spacial score (nSPS) is 10.7. The van der Waals surface area contributed by atoms with E-state index in [4.69, 9.17) is 16.3 Å². The maximum atomic E-state index is 13.0. The van der Waals surface area contributed by atoms with Crippen LogP contribution in [0.5, 0.6) is 5.75 Å². The van der Waals surface area contributed by atoms with Gasteiger partial charge in [0.2, 0.25) is 0 Å². The second-order valence-corrected chi connectivity index (χ2v) is 7.39. The summed E-state index contributed by atoms with van der Waals surface area (Å²) in [6.45, 7) is -0.415. The minimum absolute atomic E-state index is 0.130. The van der Waals surface area contributed by atoms with E-state index in [1.807, 2.05) is 0 Å². The highest BCUT2D eigenvalue weighted by molar-refractivity contribution is 6.30. The first-order valence-electron chi connectivity index (χ1n) is 9.90. The lowest BCUT2D eigenvalue weighted by Crippen LogP contribution is -2.20. The Kier molecular flexibility index (Phi) is 8.11. The van der Waals surface area contributed by atoms with Crippen molar-refractivity contribution in [3.63, 3.8) is 0 Å². The second-order valence-electron chi connectivity index (χ2n) is 6.96. The summed E-state index contributed by atoms with van der Waals surface area (Å²) in [7, 11) is 0. The molecule has 0 atom stereocenters. The van der Waals surface area contributed by atoms with Crippen molar-refractivity contribution >= 4 is 46.6 Å². The summed E-state index contributed by atoms with van der Waals surface area (Å²) in [6, 6.07) is 16.6. The fraction of sp³-hybridized carbons (Fsp3) is 0.0417. The van der Waals surface area contributed by atoms with E-state index in [1.165, 1.54) is 66.7 Å². The van der Waals surface area contributed by atoms with Crippen molar-refractivity contribution in [2.45, 2.75) is 0 Å². The van der Waals surface area contributed by atoms with Gasteiger partial charge < -0.3 is 15.4 Å². The van der Waals surface area contributed by atoms with Gasteiger partial charge in [0.25, 0.3) is 17.5 Å². The predicted octanol–water partition coefficient (Wildman–Crippen LogP) is 4.95. The van der Waals surface area contributed by atoms with Crippen molar-refractivity contribution in [3.8, 4) is 11.8 Å². The molecule has 0 heterocycles. The number of nitrogens with one attached hydrogen (secondary N) is 2. The number of anilines is 2. The van der Waals surface area contributed by atoms with Gasteiger partial charge in [-0.25, -0.2) is 4.39 Å². The molecule has 3 aromatic carbocycles. The van der Waals surface area contributed by atoms with E-state index in [0.717, 1.165) is 6.07 Å². The van der Waals surface area contributed by atoms with Gasteiger partial charge in [0.15, 0.2) is 6.61 Å². The number of ether oxygens (including phenoxy) is 1. The summed E-state index contributed by atoms with van der Waals surface area (Å²) in [5, 5.41) is 25.7. The Morgan fingerprint density at radius 1 is 1.09 bits per heavy atom. The van der Waals surface area contributed by atoms with Crippen LogP contribution in [0.3, 0.4) is 0 Å². The molecule has 11 heteroatoms. The molecule has 0 spiro atoms. The predicted molar refractivity (Wildman–Crippen MR) is 127 cm³/mol. The third kappa shape index (κ3) is 7.12. The minimum atomic E-state index is -0.812. The number of nitrogens with zero attached hydrogens (tertiary/aromatic N) is 2. The molecule has 0 saturated heterocycles. The molecule has 2 N–H and O–H groups in total. The summed E-state index contributed by atoms with van der Waals surface area (Å²) in [4.78, 5) is 35.1. The van der Waals surface area contributed by atoms with Crippen LogP contribution in [-0.2, 0) is 9.59 Å². The lowest BCUT2D eigenvalue weighted by molar-refractivity contribution is -0.384. The zero-order valence-corrected chi connectivity index (χ0v) is 18.6. The fourth-order valence-corrected chi connectivity index (χ4v) is 3.02. The highest BCUT2D eigenvalue weighted by atomic mass is 35.5. The van der Waals surface area contributed by atoms with Crippen molar-refractivity contribution in [1.82, 2.24) is 0 Å². The van der Waals surface area contributed by atoms with Gasteiger partial charge in [-0.2, -0.15) is 5.26 Å². The smallest absolute Gasteiger partial charge is 0.271 e. The first-order valence-corrected chi connectivity index (χ1v) is 10.3.